The van der Waals surface area contributed by atoms with Crippen molar-refractivity contribution in [3.8, 4) is 11.3 Å². The molecule has 1 aliphatic carbocycles. The van der Waals surface area contributed by atoms with Crippen molar-refractivity contribution in [2.75, 3.05) is 0 Å². The Balaban J connectivity index is 1.38. The second-order valence-electron chi connectivity index (χ2n) is 10.2. The molecule has 10 nitrogen and oxygen atoms in total. The molecule has 7 rings (SSSR count). The minimum atomic E-state index is -0.622. The van der Waals surface area contributed by atoms with Crippen LogP contribution in [0.1, 0.15) is 34.9 Å². The van der Waals surface area contributed by atoms with Crippen molar-refractivity contribution in [3.05, 3.63) is 151 Å². The zero-order valence-corrected chi connectivity index (χ0v) is 24.7. The van der Waals surface area contributed by atoms with Crippen molar-refractivity contribution in [1.29, 1.82) is 0 Å². The molecule has 3 aromatic carbocycles. The number of rotatable bonds is 5. The highest BCUT2D eigenvalue weighted by Gasteiger charge is 2.33. The molecule has 0 radical (unpaired) electrons. The van der Waals surface area contributed by atoms with Crippen LogP contribution >= 0.6 is 34.5 Å². The Labute approximate surface area is 261 Å². The predicted octanol–water partition coefficient (Wildman–Crippen LogP) is 6.70. The van der Waals surface area contributed by atoms with E-state index in [4.69, 9.17) is 32.6 Å². The van der Waals surface area contributed by atoms with Gasteiger partial charge in [0.1, 0.15) is 16.5 Å². The third kappa shape index (κ3) is 4.66. The van der Waals surface area contributed by atoms with E-state index in [-0.39, 0.29) is 27.0 Å². The number of halogens is 2. The average molecular weight is 645 g/mol. The van der Waals surface area contributed by atoms with Crippen LogP contribution in [0.15, 0.2) is 92.6 Å². The van der Waals surface area contributed by atoms with E-state index in [0.717, 1.165) is 34.9 Å². The average Bonchev–Trinajstić information content (AvgIpc) is 3.60. The number of nitro benzene ring substituents is 2. The maximum absolute atomic E-state index is 14.0. The summed E-state index contributed by atoms with van der Waals surface area (Å²) in [6.45, 7) is 0. The summed E-state index contributed by atoms with van der Waals surface area (Å²) in [4.78, 5) is 41.2. The van der Waals surface area contributed by atoms with Gasteiger partial charge in [0.25, 0.3) is 16.9 Å². The molecule has 0 saturated carbocycles. The lowest BCUT2D eigenvalue weighted by Gasteiger charge is -2.30. The first-order valence-electron chi connectivity index (χ1n) is 13.3. The molecular weight excluding hydrogens is 627 g/mol. The number of furan rings is 1. The van der Waals surface area contributed by atoms with Gasteiger partial charge in [0, 0.05) is 35.4 Å². The molecule has 0 saturated heterocycles. The second kappa shape index (κ2) is 10.7. The standard InChI is InChI=1S/C31H18Cl2N4O6S/c32-23-15-25(37(41)42)24(33)14-22(23)26-11-9-19(43-26)13-27-30(38)35-29(17-5-3-6-18(12-17)36(39)40)21-10-8-16-4-1-2-7-20(16)28(21)34-31(35)44-27/h1-7,9,11-15,29H,8,10H2/b27-13-/t29-/m1/s1. The normalized spacial score (nSPS) is 15.8. The van der Waals surface area contributed by atoms with Gasteiger partial charge in [0.2, 0.25) is 0 Å². The van der Waals surface area contributed by atoms with Crippen LogP contribution in [0.5, 0.6) is 0 Å². The van der Waals surface area contributed by atoms with E-state index in [2.05, 4.69) is 6.07 Å². The van der Waals surface area contributed by atoms with Crippen LogP contribution in [0.2, 0.25) is 10.0 Å². The molecule has 2 aliphatic rings. The van der Waals surface area contributed by atoms with Gasteiger partial charge in [-0.05, 0) is 47.7 Å². The zero-order valence-electron chi connectivity index (χ0n) is 22.4. The fourth-order valence-electron chi connectivity index (χ4n) is 5.70. The smallest absolute Gasteiger partial charge is 0.289 e. The van der Waals surface area contributed by atoms with Crippen LogP contribution < -0.4 is 14.9 Å². The lowest BCUT2D eigenvalue weighted by molar-refractivity contribution is -0.385. The molecule has 0 bridgehead atoms. The summed E-state index contributed by atoms with van der Waals surface area (Å²) in [5.41, 5.74) is 4.12. The lowest BCUT2D eigenvalue weighted by atomic mass is 9.83. The number of benzene rings is 3. The number of thiazole rings is 1. The van der Waals surface area contributed by atoms with E-state index in [1.54, 1.807) is 34.9 Å². The highest BCUT2D eigenvalue weighted by molar-refractivity contribution is 7.07. The first-order chi connectivity index (χ1) is 21.2. The van der Waals surface area contributed by atoms with E-state index in [1.165, 1.54) is 29.5 Å². The van der Waals surface area contributed by atoms with E-state index in [1.807, 2.05) is 18.2 Å². The Hall–Kier alpha value is -4.84. The number of fused-ring (bicyclic) bond motifs is 3. The van der Waals surface area contributed by atoms with Gasteiger partial charge in [-0.2, -0.15) is 0 Å². The van der Waals surface area contributed by atoms with Gasteiger partial charge < -0.3 is 4.42 Å². The topological polar surface area (TPSA) is 134 Å². The number of non-ortho nitro benzene ring substituents is 1. The Kier molecular flexibility index (Phi) is 6.80. The lowest BCUT2D eigenvalue weighted by Crippen LogP contribution is -2.38. The zero-order chi connectivity index (χ0) is 30.7. The number of hydrogen-bond donors (Lipinski definition) is 0. The van der Waals surface area contributed by atoms with Crippen molar-refractivity contribution >= 4 is 57.7 Å². The third-order valence-corrected chi connectivity index (χ3v) is 9.27. The van der Waals surface area contributed by atoms with Crippen LogP contribution in [0, 0.1) is 20.2 Å². The summed E-state index contributed by atoms with van der Waals surface area (Å²) in [7, 11) is 0. The monoisotopic (exact) mass is 644 g/mol. The molecule has 0 N–H and O–H groups in total. The minimum Gasteiger partial charge on any atom is -0.457 e. The molecule has 1 aliphatic heterocycles. The van der Waals surface area contributed by atoms with Crippen molar-refractivity contribution in [1.82, 2.24) is 4.57 Å². The quantitative estimate of drug-likeness (QED) is 0.154. The maximum Gasteiger partial charge on any atom is 0.289 e. The number of nitrogens with zero attached hydrogens (tertiary/aromatic N) is 4. The molecule has 3 heterocycles. The summed E-state index contributed by atoms with van der Waals surface area (Å²) in [5.74, 6) is 0.657. The largest absolute Gasteiger partial charge is 0.457 e. The first-order valence-corrected chi connectivity index (χ1v) is 14.9. The van der Waals surface area contributed by atoms with Gasteiger partial charge in [-0.1, -0.05) is 70.9 Å². The summed E-state index contributed by atoms with van der Waals surface area (Å²) < 4.78 is 7.91. The molecule has 2 aromatic heterocycles. The van der Waals surface area contributed by atoms with Gasteiger partial charge >= 0.3 is 0 Å². The summed E-state index contributed by atoms with van der Waals surface area (Å²) in [6, 6.07) is 19.6. The van der Waals surface area contributed by atoms with Crippen LogP contribution in [-0.4, -0.2) is 14.4 Å². The van der Waals surface area contributed by atoms with Crippen LogP contribution in [0.25, 0.3) is 23.1 Å². The van der Waals surface area contributed by atoms with Crippen LogP contribution in [0.3, 0.4) is 0 Å². The molecule has 1 atom stereocenters. The minimum absolute atomic E-state index is 0.0619. The summed E-state index contributed by atoms with van der Waals surface area (Å²) in [5, 5.41) is 22.8. The van der Waals surface area contributed by atoms with Crippen molar-refractivity contribution in [2.45, 2.75) is 18.9 Å². The Morgan fingerprint density at radius 1 is 0.932 bits per heavy atom. The van der Waals surface area contributed by atoms with Gasteiger partial charge in [-0.3, -0.25) is 29.6 Å². The van der Waals surface area contributed by atoms with Crippen molar-refractivity contribution < 1.29 is 14.3 Å². The second-order valence-corrected chi connectivity index (χ2v) is 12.0. The van der Waals surface area contributed by atoms with E-state index in [0.29, 0.717) is 38.4 Å². The van der Waals surface area contributed by atoms with Crippen LogP contribution in [0.4, 0.5) is 11.4 Å². The molecule has 0 amide bonds. The number of nitro groups is 2. The SMILES string of the molecule is O=c1/c(=C/c2ccc(-c3cc(Cl)c([N+](=O)[O-])cc3Cl)o2)sc2n1[C@H](c1cccc([N+](=O)[O-])c1)C1=C(N=2)c2ccccc2CC1. The van der Waals surface area contributed by atoms with E-state index < -0.39 is 15.9 Å². The molecule has 0 unspecified atom stereocenters. The molecule has 5 aromatic rings. The molecule has 218 valence electrons. The Morgan fingerprint density at radius 2 is 1.75 bits per heavy atom. The number of aryl methyl sites for hydroxylation is 1. The maximum atomic E-state index is 14.0. The van der Waals surface area contributed by atoms with E-state index in [9.17, 15) is 25.0 Å². The van der Waals surface area contributed by atoms with Crippen molar-refractivity contribution in [2.24, 2.45) is 4.99 Å². The molecule has 0 fully saturated rings. The molecular formula is C31H18Cl2N4O6S. The first kappa shape index (κ1) is 28.0. The Morgan fingerprint density at radius 3 is 2.55 bits per heavy atom. The number of aromatic nitrogens is 1. The third-order valence-electron chi connectivity index (χ3n) is 7.67. The summed E-state index contributed by atoms with van der Waals surface area (Å²) in [6.07, 6.45) is 2.99. The molecule has 13 heteroatoms. The predicted molar refractivity (Wildman–Crippen MR) is 167 cm³/mol. The fraction of sp³-hybridized carbons (Fsp3) is 0.0968. The number of hydrogen-bond acceptors (Lipinski definition) is 8. The fourth-order valence-corrected chi connectivity index (χ4v) is 7.16. The van der Waals surface area contributed by atoms with Gasteiger partial charge in [0.05, 0.1) is 31.1 Å². The highest BCUT2D eigenvalue weighted by Crippen LogP contribution is 2.42. The molecule has 0 spiro atoms. The van der Waals surface area contributed by atoms with Crippen molar-refractivity contribution in [3.63, 3.8) is 0 Å². The van der Waals surface area contributed by atoms with Gasteiger partial charge in [-0.15, -0.1) is 0 Å². The number of allylic oxidation sites excluding steroid dienone is 1. The van der Waals surface area contributed by atoms with Gasteiger partial charge in [-0.25, -0.2) is 4.99 Å². The summed E-state index contributed by atoms with van der Waals surface area (Å²) >= 11 is 13.6. The highest BCUT2D eigenvalue weighted by atomic mass is 35.5. The Bertz CT molecular complexity index is 2270. The van der Waals surface area contributed by atoms with E-state index >= 15 is 0 Å². The van der Waals surface area contributed by atoms with Crippen LogP contribution in [-0.2, 0) is 6.42 Å². The molecule has 44 heavy (non-hydrogen) atoms. The van der Waals surface area contributed by atoms with Gasteiger partial charge in [0.15, 0.2) is 4.80 Å².